The van der Waals surface area contributed by atoms with E-state index in [-0.39, 0.29) is 23.8 Å². The predicted molar refractivity (Wildman–Crippen MR) is 155 cm³/mol. The molecule has 3 amide bonds. The Kier molecular flexibility index (Phi) is 12.3. The largest absolute Gasteiger partial charge is 0.350 e. The molecule has 1 fully saturated rings. The Morgan fingerprint density at radius 3 is 2.20 bits per heavy atom. The lowest BCUT2D eigenvalue weighted by Gasteiger charge is -2.28. The molecule has 1 aliphatic carbocycles. The summed E-state index contributed by atoms with van der Waals surface area (Å²) in [4.78, 5) is 38.7. The summed E-state index contributed by atoms with van der Waals surface area (Å²) in [6.45, 7) is 2.16. The Labute approximate surface area is 242 Å². The summed E-state index contributed by atoms with van der Waals surface area (Å²) in [6.07, 6.45) is 7.42. The van der Waals surface area contributed by atoms with Gasteiger partial charge in [0, 0.05) is 18.9 Å². The summed E-state index contributed by atoms with van der Waals surface area (Å²) in [5, 5.41) is 20.0. The third-order valence-corrected chi connectivity index (χ3v) is 8.64. The molecule has 224 valence electrons. The second kappa shape index (κ2) is 15.6. The van der Waals surface area contributed by atoms with Crippen molar-refractivity contribution in [2.45, 2.75) is 88.6 Å². The van der Waals surface area contributed by atoms with Crippen molar-refractivity contribution in [3.05, 3.63) is 65.2 Å². The number of hydrogen-bond acceptors (Lipinski definition) is 6. The smallest absolute Gasteiger partial charge is 0.244 e. The number of rotatable bonds is 14. The Morgan fingerprint density at radius 1 is 0.951 bits per heavy atom. The van der Waals surface area contributed by atoms with Crippen molar-refractivity contribution in [1.82, 2.24) is 16.1 Å². The number of amides is 3. The fourth-order valence-electron chi connectivity index (χ4n) is 5.29. The summed E-state index contributed by atoms with van der Waals surface area (Å²) < 4.78 is 23.0. The molecule has 11 heteroatoms. The third-order valence-electron chi connectivity index (χ3n) is 7.71. The fourth-order valence-corrected chi connectivity index (χ4v) is 5.80. The summed E-state index contributed by atoms with van der Waals surface area (Å²) in [5.41, 5.74) is 4.59. The van der Waals surface area contributed by atoms with E-state index in [1.807, 2.05) is 31.2 Å². The molecule has 0 heterocycles. The van der Waals surface area contributed by atoms with Crippen LogP contribution < -0.4 is 21.3 Å². The number of sulfonamides is 1. The van der Waals surface area contributed by atoms with Crippen LogP contribution in [0.1, 0.15) is 74.5 Å². The van der Waals surface area contributed by atoms with Gasteiger partial charge in [-0.15, -0.1) is 0 Å². The maximum atomic E-state index is 13.4. The van der Waals surface area contributed by atoms with E-state index in [1.165, 1.54) is 12.1 Å². The second-order valence-corrected chi connectivity index (χ2v) is 12.6. The van der Waals surface area contributed by atoms with Gasteiger partial charge in [-0.25, -0.2) is 19.0 Å². The van der Waals surface area contributed by atoms with Crippen LogP contribution in [0, 0.1) is 18.8 Å². The minimum absolute atomic E-state index is 0.0182. The van der Waals surface area contributed by atoms with Gasteiger partial charge in [0.05, 0.1) is 4.90 Å². The molecule has 0 spiro atoms. The van der Waals surface area contributed by atoms with Crippen LogP contribution in [0.3, 0.4) is 0 Å². The Balaban J connectivity index is 1.66. The molecule has 0 saturated heterocycles. The molecule has 10 nitrogen and oxygen atoms in total. The number of nitrogens with two attached hydrogens (primary N) is 1. The van der Waals surface area contributed by atoms with Gasteiger partial charge in [-0.3, -0.25) is 19.6 Å². The fraction of sp³-hybridized carbons (Fsp3) is 0.500. The van der Waals surface area contributed by atoms with Crippen LogP contribution in [-0.2, 0) is 37.4 Å². The molecule has 0 bridgehead atoms. The van der Waals surface area contributed by atoms with Crippen molar-refractivity contribution >= 4 is 27.7 Å². The zero-order chi connectivity index (χ0) is 29.8. The van der Waals surface area contributed by atoms with E-state index in [9.17, 15) is 22.8 Å². The average molecular weight is 587 g/mol. The Bertz CT molecular complexity index is 1260. The van der Waals surface area contributed by atoms with Gasteiger partial charge in [0.2, 0.25) is 27.7 Å². The first-order valence-electron chi connectivity index (χ1n) is 14.2. The number of benzene rings is 2. The van der Waals surface area contributed by atoms with Crippen LogP contribution >= 0.6 is 0 Å². The molecule has 0 aromatic heterocycles. The van der Waals surface area contributed by atoms with Crippen molar-refractivity contribution in [2.75, 3.05) is 0 Å². The number of aryl methyl sites for hydroxylation is 2. The summed E-state index contributed by atoms with van der Waals surface area (Å²) >= 11 is 0. The van der Waals surface area contributed by atoms with Crippen LogP contribution in [0.4, 0.5) is 0 Å². The quantitative estimate of drug-likeness (QED) is 0.168. The number of nitrogens with one attached hydrogen (secondary N) is 3. The lowest BCUT2D eigenvalue weighted by Crippen LogP contribution is -2.49. The number of hydrogen-bond donors (Lipinski definition) is 5. The lowest BCUT2D eigenvalue weighted by molar-refractivity contribution is -0.136. The van der Waals surface area contributed by atoms with Crippen LogP contribution in [0.2, 0.25) is 0 Å². The van der Waals surface area contributed by atoms with Gasteiger partial charge in [-0.1, -0.05) is 74.1 Å². The van der Waals surface area contributed by atoms with Crippen molar-refractivity contribution in [3.63, 3.8) is 0 Å². The molecular weight excluding hydrogens is 544 g/mol. The number of primary sulfonamides is 1. The van der Waals surface area contributed by atoms with Gasteiger partial charge < -0.3 is 10.6 Å². The van der Waals surface area contributed by atoms with Gasteiger partial charge >= 0.3 is 0 Å². The van der Waals surface area contributed by atoms with Gasteiger partial charge in [0.15, 0.2) is 0 Å². The highest BCUT2D eigenvalue weighted by Gasteiger charge is 2.29. The van der Waals surface area contributed by atoms with Gasteiger partial charge in [0.1, 0.15) is 6.04 Å². The maximum Gasteiger partial charge on any atom is 0.244 e. The van der Waals surface area contributed by atoms with Crippen LogP contribution in [0.15, 0.2) is 53.4 Å². The molecule has 2 aromatic carbocycles. The highest BCUT2D eigenvalue weighted by Crippen LogP contribution is 2.28. The highest BCUT2D eigenvalue weighted by molar-refractivity contribution is 7.89. The first-order valence-corrected chi connectivity index (χ1v) is 15.8. The molecule has 1 aliphatic rings. The minimum Gasteiger partial charge on any atom is -0.350 e. The van der Waals surface area contributed by atoms with E-state index in [0.29, 0.717) is 30.7 Å². The molecule has 2 aromatic rings. The molecule has 41 heavy (non-hydrogen) atoms. The monoisotopic (exact) mass is 586 g/mol. The number of carbonyl (C=O) groups excluding carboxylic acids is 3. The van der Waals surface area contributed by atoms with Gasteiger partial charge in [-0.2, -0.15) is 0 Å². The molecule has 6 N–H and O–H groups in total. The van der Waals surface area contributed by atoms with E-state index in [0.717, 1.165) is 49.7 Å². The molecule has 0 radical (unpaired) electrons. The molecule has 3 rings (SSSR count). The van der Waals surface area contributed by atoms with E-state index in [4.69, 9.17) is 10.3 Å². The topological polar surface area (TPSA) is 168 Å². The lowest BCUT2D eigenvalue weighted by atomic mass is 9.84. The molecule has 0 unspecified atom stereocenters. The zero-order valence-electron chi connectivity index (χ0n) is 23.6. The van der Waals surface area contributed by atoms with E-state index >= 15 is 0 Å². The zero-order valence-corrected chi connectivity index (χ0v) is 24.4. The summed E-state index contributed by atoms with van der Waals surface area (Å²) in [7, 11) is -3.82. The van der Waals surface area contributed by atoms with Crippen molar-refractivity contribution in [3.8, 4) is 0 Å². The number of carbonyl (C=O) groups is 3. The second-order valence-electron chi connectivity index (χ2n) is 11.0. The molecule has 1 saturated carbocycles. The normalized spacial score (nSPS) is 15.5. The van der Waals surface area contributed by atoms with E-state index in [2.05, 4.69) is 10.6 Å². The average Bonchev–Trinajstić information content (AvgIpc) is 2.96. The Hall–Kier alpha value is -3.28. The van der Waals surface area contributed by atoms with Gasteiger partial charge in [0.25, 0.3) is 0 Å². The maximum absolute atomic E-state index is 13.4. The minimum atomic E-state index is -3.82. The van der Waals surface area contributed by atoms with Gasteiger partial charge in [-0.05, 0) is 61.8 Å². The molecule has 2 atom stereocenters. The molecule has 0 aliphatic heterocycles. The first kappa shape index (κ1) is 32.2. The highest BCUT2D eigenvalue weighted by atomic mass is 32.2. The third kappa shape index (κ3) is 10.9. The standard InChI is InChI=1S/C30H42N4O6S/c1-21-10-12-22(13-11-21)8-5-9-25(19-28(35)34-38)29(36)33-27(18-23-6-3-2-4-7-23)30(37)32-20-24-14-16-26(17-15-24)41(31,39)40/h10-17,23,25,27,38H,2-9,18-20H2,1H3,(H,32,37)(H,33,36)(H,34,35)(H2,31,39,40)/t25-,27+/m1/s1. The predicted octanol–water partition coefficient (Wildman–Crippen LogP) is 3.25. The van der Waals surface area contributed by atoms with Crippen molar-refractivity contribution in [1.29, 1.82) is 0 Å². The van der Waals surface area contributed by atoms with Crippen LogP contribution in [0.25, 0.3) is 0 Å². The van der Waals surface area contributed by atoms with E-state index < -0.39 is 33.8 Å². The van der Waals surface area contributed by atoms with Crippen LogP contribution in [-0.4, -0.2) is 37.4 Å². The van der Waals surface area contributed by atoms with E-state index in [1.54, 1.807) is 17.6 Å². The summed E-state index contributed by atoms with van der Waals surface area (Å²) in [5.74, 6) is -1.80. The van der Waals surface area contributed by atoms with Crippen molar-refractivity contribution < 1.29 is 28.0 Å². The van der Waals surface area contributed by atoms with Crippen molar-refractivity contribution in [2.24, 2.45) is 17.0 Å². The SMILES string of the molecule is Cc1ccc(CCC[C@H](CC(=O)NO)C(=O)N[C@@H](CC2CCCCC2)C(=O)NCc2ccc(S(N)(=O)=O)cc2)cc1. The Morgan fingerprint density at radius 2 is 1.59 bits per heavy atom. The first-order chi connectivity index (χ1) is 19.5. The van der Waals surface area contributed by atoms with Crippen LogP contribution in [0.5, 0.6) is 0 Å². The molecular formula is C30H42N4O6S. The number of hydroxylamine groups is 1. The summed E-state index contributed by atoms with van der Waals surface area (Å²) in [6, 6.07) is 13.3.